The van der Waals surface area contributed by atoms with Crippen LogP contribution in [0.1, 0.15) is 44.0 Å². The van der Waals surface area contributed by atoms with Crippen molar-refractivity contribution in [2.45, 2.75) is 20.4 Å². The standard InChI is InChI=1S/C21H18N6O/c1-12-6-14(8-22)9-23-19(12)21(28)26-16-5-4-15-10-24-20(17(15)7-16)18-11-25-27(3)13(18)2/h4-7,9,11H,10H2,1-3H3,(H,26,28). The molecule has 0 fully saturated rings. The molecule has 0 spiro atoms. The number of nitrogens with one attached hydrogen (secondary N) is 1. The van der Waals surface area contributed by atoms with E-state index in [1.807, 2.05) is 49.1 Å². The first-order valence-corrected chi connectivity index (χ1v) is 8.82. The normalized spacial score (nSPS) is 12.3. The van der Waals surface area contributed by atoms with Gasteiger partial charge in [0.2, 0.25) is 0 Å². The minimum absolute atomic E-state index is 0.302. The largest absolute Gasteiger partial charge is 0.321 e. The molecule has 138 valence electrons. The van der Waals surface area contributed by atoms with Gasteiger partial charge < -0.3 is 5.32 Å². The molecule has 7 heteroatoms. The Morgan fingerprint density at radius 1 is 1.21 bits per heavy atom. The van der Waals surface area contributed by atoms with Crippen LogP contribution >= 0.6 is 0 Å². The van der Waals surface area contributed by atoms with Crippen molar-refractivity contribution in [3.8, 4) is 6.07 Å². The molecule has 0 atom stereocenters. The van der Waals surface area contributed by atoms with Crippen molar-refractivity contribution in [2.75, 3.05) is 5.32 Å². The van der Waals surface area contributed by atoms with E-state index in [9.17, 15) is 4.79 Å². The van der Waals surface area contributed by atoms with Gasteiger partial charge in [0, 0.05) is 35.8 Å². The quantitative estimate of drug-likeness (QED) is 0.767. The molecule has 4 rings (SSSR count). The number of pyridine rings is 1. The minimum Gasteiger partial charge on any atom is -0.321 e. The van der Waals surface area contributed by atoms with Gasteiger partial charge in [0.15, 0.2) is 0 Å². The molecule has 0 bridgehead atoms. The van der Waals surface area contributed by atoms with E-state index < -0.39 is 0 Å². The number of carbonyl (C=O) groups is 1. The lowest BCUT2D eigenvalue weighted by Crippen LogP contribution is -2.16. The molecule has 0 saturated heterocycles. The van der Waals surface area contributed by atoms with Gasteiger partial charge in [-0.2, -0.15) is 10.4 Å². The lowest BCUT2D eigenvalue weighted by atomic mass is 10.00. The van der Waals surface area contributed by atoms with E-state index >= 15 is 0 Å². The maximum atomic E-state index is 12.6. The van der Waals surface area contributed by atoms with Gasteiger partial charge in [-0.05, 0) is 43.2 Å². The van der Waals surface area contributed by atoms with Crippen molar-refractivity contribution in [3.63, 3.8) is 0 Å². The summed E-state index contributed by atoms with van der Waals surface area (Å²) in [5.41, 5.74) is 7.10. The fourth-order valence-electron chi connectivity index (χ4n) is 3.29. The van der Waals surface area contributed by atoms with Gasteiger partial charge in [0.1, 0.15) is 11.8 Å². The van der Waals surface area contributed by atoms with Crippen LogP contribution in [0.3, 0.4) is 0 Å². The van der Waals surface area contributed by atoms with Crippen LogP contribution in [0.25, 0.3) is 0 Å². The molecule has 3 heterocycles. The molecule has 7 nitrogen and oxygen atoms in total. The molecular weight excluding hydrogens is 352 g/mol. The number of carbonyl (C=O) groups excluding carboxylic acids is 1. The van der Waals surface area contributed by atoms with Crippen molar-refractivity contribution in [1.29, 1.82) is 5.26 Å². The first-order chi connectivity index (χ1) is 13.5. The Bertz CT molecular complexity index is 1180. The average Bonchev–Trinajstić information content (AvgIpc) is 3.24. The highest BCUT2D eigenvalue weighted by molar-refractivity contribution is 6.16. The van der Waals surface area contributed by atoms with Gasteiger partial charge in [-0.15, -0.1) is 0 Å². The molecule has 1 N–H and O–H groups in total. The molecule has 3 aromatic rings. The van der Waals surface area contributed by atoms with Crippen LogP contribution in [0.2, 0.25) is 0 Å². The molecular formula is C21H18N6O. The van der Waals surface area contributed by atoms with E-state index in [4.69, 9.17) is 5.26 Å². The van der Waals surface area contributed by atoms with Gasteiger partial charge in [0.25, 0.3) is 5.91 Å². The van der Waals surface area contributed by atoms with Crippen molar-refractivity contribution >= 4 is 17.3 Å². The van der Waals surface area contributed by atoms with E-state index in [2.05, 4.69) is 20.4 Å². The Labute approximate surface area is 162 Å². The number of benzene rings is 1. The second kappa shape index (κ2) is 6.74. The molecule has 1 aliphatic heterocycles. The van der Waals surface area contributed by atoms with E-state index in [1.54, 1.807) is 13.0 Å². The van der Waals surface area contributed by atoms with Crippen molar-refractivity contribution in [2.24, 2.45) is 12.0 Å². The first kappa shape index (κ1) is 17.6. The number of rotatable bonds is 3. The number of aryl methyl sites for hydroxylation is 2. The van der Waals surface area contributed by atoms with Crippen molar-refractivity contribution < 1.29 is 4.79 Å². The van der Waals surface area contributed by atoms with Gasteiger partial charge >= 0.3 is 0 Å². The topological polar surface area (TPSA) is 96.0 Å². The summed E-state index contributed by atoms with van der Waals surface area (Å²) in [6.07, 6.45) is 3.22. The Morgan fingerprint density at radius 3 is 2.71 bits per heavy atom. The smallest absolute Gasteiger partial charge is 0.274 e. The Balaban J connectivity index is 1.63. The van der Waals surface area contributed by atoms with E-state index in [1.165, 1.54) is 6.20 Å². The fraction of sp³-hybridized carbons (Fsp3) is 0.190. The fourth-order valence-corrected chi connectivity index (χ4v) is 3.29. The summed E-state index contributed by atoms with van der Waals surface area (Å²) in [4.78, 5) is 21.4. The highest BCUT2D eigenvalue weighted by Gasteiger charge is 2.22. The van der Waals surface area contributed by atoms with Gasteiger partial charge in [0.05, 0.1) is 24.0 Å². The Hall–Kier alpha value is -3.79. The number of hydrogen-bond donors (Lipinski definition) is 1. The summed E-state index contributed by atoms with van der Waals surface area (Å²) in [6, 6.07) is 9.46. The number of hydrogen-bond acceptors (Lipinski definition) is 5. The second-order valence-electron chi connectivity index (χ2n) is 6.76. The predicted octanol–water partition coefficient (Wildman–Crippen LogP) is 2.91. The summed E-state index contributed by atoms with van der Waals surface area (Å²) in [5, 5.41) is 16.1. The number of nitriles is 1. The molecule has 0 aliphatic carbocycles. The zero-order valence-corrected chi connectivity index (χ0v) is 15.8. The lowest BCUT2D eigenvalue weighted by molar-refractivity contribution is 0.102. The Kier molecular flexibility index (Phi) is 4.24. The number of amides is 1. The average molecular weight is 370 g/mol. The van der Waals surface area contributed by atoms with Gasteiger partial charge in [-0.25, -0.2) is 4.98 Å². The van der Waals surface area contributed by atoms with Crippen LogP contribution in [0.5, 0.6) is 0 Å². The Morgan fingerprint density at radius 2 is 2.04 bits per heavy atom. The number of anilines is 1. The maximum absolute atomic E-state index is 12.6. The van der Waals surface area contributed by atoms with Crippen molar-refractivity contribution in [3.05, 3.63) is 75.9 Å². The number of aliphatic imine (C=N–C) groups is 1. The predicted molar refractivity (Wildman–Crippen MR) is 105 cm³/mol. The summed E-state index contributed by atoms with van der Waals surface area (Å²) in [5.74, 6) is -0.309. The van der Waals surface area contributed by atoms with Gasteiger partial charge in [-0.1, -0.05) is 6.07 Å². The van der Waals surface area contributed by atoms with Crippen LogP contribution in [0.15, 0.2) is 41.7 Å². The molecule has 1 amide bonds. The van der Waals surface area contributed by atoms with E-state index in [0.717, 1.165) is 28.1 Å². The third-order valence-corrected chi connectivity index (χ3v) is 4.94. The third kappa shape index (κ3) is 2.95. The second-order valence-corrected chi connectivity index (χ2v) is 6.76. The summed E-state index contributed by atoms with van der Waals surface area (Å²) in [7, 11) is 1.90. The summed E-state index contributed by atoms with van der Waals surface area (Å²) < 4.78 is 1.82. The highest BCUT2D eigenvalue weighted by Crippen LogP contribution is 2.27. The minimum atomic E-state index is -0.309. The number of aromatic nitrogens is 3. The molecule has 2 aromatic heterocycles. The third-order valence-electron chi connectivity index (χ3n) is 4.94. The molecule has 0 radical (unpaired) electrons. The highest BCUT2D eigenvalue weighted by atomic mass is 16.1. The molecule has 1 aliphatic rings. The van der Waals surface area contributed by atoms with Crippen LogP contribution in [0, 0.1) is 25.2 Å². The van der Waals surface area contributed by atoms with E-state index in [-0.39, 0.29) is 5.91 Å². The number of nitrogens with zero attached hydrogens (tertiary/aromatic N) is 5. The lowest BCUT2D eigenvalue weighted by Gasteiger charge is -2.10. The van der Waals surface area contributed by atoms with Crippen molar-refractivity contribution in [1.82, 2.24) is 14.8 Å². The van der Waals surface area contributed by atoms with Crippen LogP contribution in [-0.2, 0) is 13.6 Å². The molecule has 0 unspecified atom stereocenters. The van der Waals surface area contributed by atoms with Crippen LogP contribution in [-0.4, -0.2) is 26.4 Å². The monoisotopic (exact) mass is 370 g/mol. The summed E-state index contributed by atoms with van der Waals surface area (Å²) in [6.45, 7) is 4.39. The van der Waals surface area contributed by atoms with Gasteiger partial charge in [-0.3, -0.25) is 14.5 Å². The first-order valence-electron chi connectivity index (χ1n) is 8.82. The SMILES string of the molecule is Cc1cc(C#N)cnc1C(=O)Nc1ccc2c(c1)C(c1cnn(C)c1C)=NC2. The molecule has 0 saturated carbocycles. The molecule has 1 aromatic carbocycles. The summed E-state index contributed by atoms with van der Waals surface area (Å²) >= 11 is 0. The zero-order chi connectivity index (χ0) is 19.8. The van der Waals surface area contributed by atoms with Crippen LogP contribution in [0.4, 0.5) is 5.69 Å². The maximum Gasteiger partial charge on any atom is 0.274 e. The zero-order valence-electron chi connectivity index (χ0n) is 15.8. The van der Waals surface area contributed by atoms with Crippen LogP contribution < -0.4 is 5.32 Å². The number of fused-ring (bicyclic) bond motifs is 1. The molecule has 28 heavy (non-hydrogen) atoms. The van der Waals surface area contributed by atoms with E-state index in [0.29, 0.717) is 29.1 Å².